The van der Waals surface area contributed by atoms with Crippen LogP contribution < -0.4 is 5.32 Å². The van der Waals surface area contributed by atoms with Gasteiger partial charge >= 0.3 is 5.97 Å². The van der Waals surface area contributed by atoms with Crippen LogP contribution in [0.25, 0.3) is 0 Å². The summed E-state index contributed by atoms with van der Waals surface area (Å²) in [5.74, 6) is 0.466. The zero-order valence-corrected chi connectivity index (χ0v) is 8.73. The second kappa shape index (κ2) is 7.91. The van der Waals surface area contributed by atoms with E-state index in [1.165, 1.54) is 0 Å². The molecule has 5 heteroatoms. The fraction of sp³-hybridized carbons (Fsp3) is 0.750. The second-order valence-electron chi connectivity index (χ2n) is 2.37. The Kier molecular flexibility index (Phi) is 7.48. The molecule has 1 N–H and O–H groups in total. The Balaban J connectivity index is 3.90. The lowest BCUT2D eigenvalue weighted by Crippen LogP contribution is -2.37. The molecule has 0 aliphatic rings. The summed E-state index contributed by atoms with van der Waals surface area (Å²) in [6.45, 7) is 2.08. The highest BCUT2D eigenvalue weighted by molar-refractivity contribution is 7.98. The highest BCUT2D eigenvalue weighted by atomic mass is 32.2. The topological polar surface area (TPSA) is 55.4 Å². The normalized spacial score (nSPS) is 11.8. The lowest BCUT2D eigenvalue weighted by molar-refractivity contribution is -0.146. The first-order valence-corrected chi connectivity index (χ1v) is 5.50. The van der Waals surface area contributed by atoms with Crippen molar-refractivity contribution in [2.75, 3.05) is 18.6 Å². The van der Waals surface area contributed by atoms with E-state index in [1.807, 2.05) is 6.26 Å². The standard InChI is InChI=1S/C8H15NO3S/c1-3-12-8(11)7(9-6-10)4-5-13-2/h6-7H,3-5H2,1-2H3,(H,9,10)/t7-/m0/s1. The Hall–Kier alpha value is -0.710. The van der Waals surface area contributed by atoms with Gasteiger partial charge in [-0.05, 0) is 25.4 Å². The molecule has 4 nitrogen and oxygen atoms in total. The van der Waals surface area contributed by atoms with Gasteiger partial charge in [-0.15, -0.1) is 0 Å². The molecule has 0 aromatic rings. The molecule has 0 radical (unpaired) electrons. The number of thioether (sulfide) groups is 1. The number of rotatable bonds is 7. The maximum absolute atomic E-state index is 11.2. The summed E-state index contributed by atoms with van der Waals surface area (Å²) in [7, 11) is 0. The molecule has 0 aromatic carbocycles. The van der Waals surface area contributed by atoms with Crippen molar-refractivity contribution in [2.24, 2.45) is 0 Å². The van der Waals surface area contributed by atoms with Crippen molar-refractivity contribution >= 4 is 24.1 Å². The van der Waals surface area contributed by atoms with Crippen molar-refractivity contribution in [1.82, 2.24) is 5.32 Å². The molecule has 0 saturated carbocycles. The van der Waals surface area contributed by atoms with Crippen LogP contribution in [-0.4, -0.2) is 37.0 Å². The Bertz CT molecular complexity index is 163. The number of carbonyl (C=O) groups excluding carboxylic acids is 2. The summed E-state index contributed by atoms with van der Waals surface area (Å²) in [6.07, 6.45) is 3.09. The van der Waals surface area contributed by atoms with Gasteiger partial charge in [-0.2, -0.15) is 11.8 Å². The number of hydrogen-bond acceptors (Lipinski definition) is 4. The summed E-state index contributed by atoms with van der Waals surface area (Å²) >= 11 is 1.63. The van der Waals surface area contributed by atoms with E-state index in [9.17, 15) is 9.59 Å². The van der Waals surface area contributed by atoms with Gasteiger partial charge in [-0.3, -0.25) is 4.79 Å². The van der Waals surface area contributed by atoms with Gasteiger partial charge in [0.2, 0.25) is 6.41 Å². The van der Waals surface area contributed by atoms with Crippen molar-refractivity contribution in [3.8, 4) is 0 Å². The fourth-order valence-electron chi connectivity index (χ4n) is 0.830. The number of carbonyl (C=O) groups is 2. The molecule has 0 spiro atoms. The predicted octanol–water partition coefficient (Wildman–Crippen LogP) is 0.417. The van der Waals surface area contributed by atoms with Crippen LogP contribution in [0.5, 0.6) is 0 Å². The average molecular weight is 205 g/mol. The lowest BCUT2D eigenvalue weighted by Gasteiger charge is -2.13. The van der Waals surface area contributed by atoms with Gasteiger partial charge in [0.25, 0.3) is 0 Å². The molecular formula is C8H15NO3S. The number of hydrogen-bond donors (Lipinski definition) is 1. The molecule has 13 heavy (non-hydrogen) atoms. The van der Waals surface area contributed by atoms with Gasteiger partial charge in [0, 0.05) is 0 Å². The first-order valence-electron chi connectivity index (χ1n) is 4.11. The van der Waals surface area contributed by atoms with E-state index in [2.05, 4.69) is 5.32 Å². The van der Waals surface area contributed by atoms with Crippen LogP contribution in [0.3, 0.4) is 0 Å². The van der Waals surface area contributed by atoms with Gasteiger partial charge in [-0.1, -0.05) is 0 Å². The molecule has 1 atom stereocenters. The fourth-order valence-corrected chi connectivity index (χ4v) is 1.30. The third-order valence-corrected chi connectivity index (χ3v) is 2.09. The number of ether oxygens (including phenoxy) is 1. The summed E-state index contributed by atoms with van der Waals surface area (Å²) in [5, 5.41) is 2.43. The van der Waals surface area contributed by atoms with E-state index >= 15 is 0 Å². The molecule has 0 rings (SSSR count). The maximum Gasteiger partial charge on any atom is 0.328 e. The molecule has 0 aliphatic carbocycles. The third-order valence-electron chi connectivity index (χ3n) is 1.45. The summed E-state index contributed by atoms with van der Waals surface area (Å²) in [5.41, 5.74) is 0. The smallest absolute Gasteiger partial charge is 0.328 e. The molecule has 0 aliphatic heterocycles. The van der Waals surface area contributed by atoms with Crippen molar-refractivity contribution in [2.45, 2.75) is 19.4 Å². The van der Waals surface area contributed by atoms with E-state index in [0.717, 1.165) is 5.75 Å². The molecular weight excluding hydrogens is 190 g/mol. The second-order valence-corrected chi connectivity index (χ2v) is 3.36. The first kappa shape index (κ1) is 12.3. The minimum absolute atomic E-state index is 0.342. The van der Waals surface area contributed by atoms with E-state index in [4.69, 9.17) is 4.74 Å². The van der Waals surface area contributed by atoms with Crippen molar-refractivity contribution in [3.05, 3.63) is 0 Å². The number of esters is 1. The highest BCUT2D eigenvalue weighted by Gasteiger charge is 2.17. The van der Waals surface area contributed by atoms with E-state index in [1.54, 1.807) is 18.7 Å². The molecule has 1 amide bonds. The predicted molar refractivity (Wildman–Crippen MR) is 52.6 cm³/mol. The van der Waals surface area contributed by atoms with Crippen LogP contribution in [0, 0.1) is 0 Å². The first-order chi connectivity index (χ1) is 6.26. The van der Waals surface area contributed by atoms with Gasteiger partial charge in [0.15, 0.2) is 0 Å². The zero-order valence-electron chi connectivity index (χ0n) is 7.91. The van der Waals surface area contributed by atoms with Crippen molar-refractivity contribution in [1.29, 1.82) is 0 Å². The molecule has 0 saturated heterocycles. The molecule has 0 unspecified atom stereocenters. The van der Waals surface area contributed by atoms with Crippen LogP contribution in [0.15, 0.2) is 0 Å². The molecule has 0 bridgehead atoms. The van der Waals surface area contributed by atoms with Gasteiger partial charge in [-0.25, -0.2) is 4.79 Å². The maximum atomic E-state index is 11.2. The van der Waals surface area contributed by atoms with Gasteiger partial charge in [0.05, 0.1) is 6.61 Å². The minimum atomic E-state index is -0.495. The van der Waals surface area contributed by atoms with E-state index in [0.29, 0.717) is 19.4 Å². The highest BCUT2D eigenvalue weighted by Crippen LogP contribution is 2.01. The van der Waals surface area contributed by atoms with Crippen LogP contribution in [0.1, 0.15) is 13.3 Å². The molecule has 0 heterocycles. The van der Waals surface area contributed by atoms with Gasteiger partial charge < -0.3 is 10.1 Å². The Morgan fingerprint density at radius 2 is 2.38 bits per heavy atom. The van der Waals surface area contributed by atoms with Crippen molar-refractivity contribution < 1.29 is 14.3 Å². The summed E-state index contributed by atoms with van der Waals surface area (Å²) in [4.78, 5) is 21.3. The van der Waals surface area contributed by atoms with Crippen molar-refractivity contribution in [3.63, 3.8) is 0 Å². The third kappa shape index (κ3) is 5.52. The van der Waals surface area contributed by atoms with Gasteiger partial charge in [0.1, 0.15) is 6.04 Å². The number of amides is 1. The molecule has 76 valence electrons. The quantitative estimate of drug-likeness (QED) is 0.483. The molecule has 0 aromatic heterocycles. The largest absolute Gasteiger partial charge is 0.464 e. The average Bonchev–Trinajstić information content (AvgIpc) is 2.12. The number of nitrogens with one attached hydrogen (secondary N) is 1. The minimum Gasteiger partial charge on any atom is -0.464 e. The van der Waals surface area contributed by atoms with Crippen LogP contribution in [0.2, 0.25) is 0 Å². The van der Waals surface area contributed by atoms with Crippen LogP contribution in [0.4, 0.5) is 0 Å². The molecule has 0 fully saturated rings. The zero-order chi connectivity index (χ0) is 10.1. The van der Waals surface area contributed by atoms with E-state index < -0.39 is 6.04 Å². The monoisotopic (exact) mass is 205 g/mol. The van der Waals surface area contributed by atoms with Crippen LogP contribution >= 0.6 is 11.8 Å². The van der Waals surface area contributed by atoms with Crippen LogP contribution in [-0.2, 0) is 14.3 Å². The summed E-state index contributed by atoms with van der Waals surface area (Å²) < 4.78 is 4.78. The SMILES string of the molecule is CCOC(=O)[C@H](CCSC)NC=O. The Morgan fingerprint density at radius 3 is 2.85 bits per heavy atom. The summed E-state index contributed by atoms with van der Waals surface area (Å²) in [6, 6.07) is -0.495. The Labute approximate surface area is 82.4 Å². The van der Waals surface area contributed by atoms with E-state index in [-0.39, 0.29) is 5.97 Å². The lowest BCUT2D eigenvalue weighted by atomic mass is 10.2. The Morgan fingerprint density at radius 1 is 1.69 bits per heavy atom.